The number of thiophene rings is 1. The van der Waals surface area contributed by atoms with E-state index in [1.165, 1.54) is 19.4 Å². The number of hydrogen-bond donors (Lipinski definition) is 1. The number of carbonyl (C=O) groups is 1. The molecule has 2 aromatic rings. The number of hydrazone groups is 1. The predicted octanol–water partition coefficient (Wildman–Crippen LogP) is 2.19. The van der Waals surface area contributed by atoms with Crippen molar-refractivity contribution < 1.29 is 19.2 Å². The highest BCUT2D eigenvalue weighted by molar-refractivity contribution is 7.16. The number of nitrogens with zero attached hydrogens (tertiary/aromatic N) is 2. The maximum Gasteiger partial charge on any atom is 0.324 e. The van der Waals surface area contributed by atoms with E-state index in [9.17, 15) is 14.9 Å². The average molecular weight is 335 g/mol. The molecule has 0 saturated carbocycles. The van der Waals surface area contributed by atoms with Gasteiger partial charge in [0.1, 0.15) is 0 Å². The number of nitro groups is 1. The number of ether oxygens (including phenoxy) is 2. The molecule has 0 spiro atoms. The van der Waals surface area contributed by atoms with Crippen molar-refractivity contribution in [1.29, 1.82) is 0 Å². The minimum Gasteiger partial charge on any atom is -0.493 e. The van der Waals surface area contributed by atoms with Crippen LogP contribution in [0.25, 0.3) is 0 Å². The molecule has 0 atom stereocenters. The van der Waals surface area contributed by atoms with E-state index in [1.807, 2.05) is 0 Å². The van der Waals surface area contributed by atoms with Gasteiger partial charge in [-0.15, -0.1) is 0 Å². The first kappa shape index (κ1) is 16.4. The highest BCUT2D eigenvalue weighted by Crippen LogP contribution is 2.25. The molecule has 0 saturated heterocycles. The van der Waals surface area contributed by atoms with Gasteiger partial charge in [-0.3, -0.25) is 14.9 Å². The van der Waals surface area contributed by atoms with E-state index in [0.717, 1.165) is 11.3 Å². The van der Waals surface area contributed by atoms with Crippen LogP contribution in [0.5, 0.6) is 11.5 Å². The Balaban J connectivity index is 1.82. The van der Waals surface area contributed by atoms with Gasteiger partial charge >= 0.3 is 5.00 Å². The molecule has 0 radical (unpaired) electrons. The quantitative estimate of drug-likeness (QED) is 0.474. The molecule has 1 aromatic heterocycles. The molecular formula is C14H13N3O5S. The zero-order valence-corrected chi connectivity index (χ0v) is 12.9. The fraction of sp³-hybridized carbons (Fsp3) is 0.143. The minimum atomic E-state index is -0.484. The van der Waals surface area contributed by atoms with Crippen LogP contribution in [-0.2, 0) is 4.79 Å². The van der Waals surface area contributed by atoms with E-state index in [-0.39, 0.29) is 11.6 Å². The Morgan fingerprint density at radius 2 is 2.09 bits per heavy atom. The van der Waals surface area contributed by atoms with Crippen molar-refractivity contribution in [1.82, 2.24) is 5.43 Å². The molecule has 0 aliphatic rings. The number of methoxy groups -OCH3 is 1. The Morgan fingerprint density at radius 1 is 1.35 bits per heavy atom. The van der Waals surface area contributed by atoms with Gasteiger partial charge in [-0.1, -0.05) is 23.5 Å². The maximum absolute atomic E-state index is 11.6. The van der Waals surface area contributed by atoms with Crippen LogP contribution in [0.1, 0.15) is 4.88 Å². The third-order valence-electron chi connectivity index (χ3n) is 2.60. The van der Waals surface area contributed by atoms with Crippen LogP contribution in [0.2, 0.25) is 0 Å². The van der Waals surface area contributed by atoms with Gasteiger partial charge in [-0.05, 0) is 18.2 Å². The normalized spacial score (nSPS) is 10.5. The SMILES string of the molecule is COc1ccccc1OCC(=O)N/N=C\c1ccc([N+](=O)[O-])s1. The number of rotatable bonds is 7. The minimum absolute atomic E-state index is 0.0114. The molecule has 0 unspecified atom stereocenters. The molecule has 1 amide bonds. The van der Waals surface area contributed by atoms with Crippen LogP contribution in [0.4, 0.5) is 5.00 Å². The van der Waals surface area contributed by atoms with E-state index in [4.69, 9.17) is 9.47 Å². The molecule has 0 bridgehead atoms. The largest absolute Gasteiger partial charge is 0.493 e. The standard InChI is InChI=1S/C14H13N3O5S/c1-21-11-4-2-3-5-12(11)22-9-13(18)16-15-8-10-6-7-14(23-10)17(19)20/h2-8H,9H2,1H3,(H,16,18)/b15-8-. The van der Waals surface area contributed by atoms with Crippen molar-refractivity contribution in [3.63, 3.8) is 0 Å². The van der Waals surface area contributed by atoms with Crippen molar-refractivity contribution in [3.8, 4) is 11.5 Å². The molecule has 0 aliphatic carbocycles. The van der Waals surface area contributed by atoms with Crippen molar-refractivity contribution in [3.05, 3.63) is 51.4 Å². The second kappa shape index (κ2) is 7.90. The maximum atomic E-state index is 11.6. The fourth-order valence-corrected chi connectivity index (χ4v) is 2.28. The molecule has 2 rings (SSSR count). The number of amides is 1. The Kier molecular flexibility index (Phi) is 5.64. The first-order valence-electron chi connectivity index (χ1n) is 6.42. The molecular weight excluding hydrogens is 322 g/mol. The number of para-hydroxylation sites is 2. The summed E-state index contributed by atoms with van der Waals surface area (Å²) < 4.78 is 10.4. The van der Waals surface area contributed by atoms with E-state index in [2.05, 4.69) is 10.5 Å². The van der Waals surface area contributed by atoms with Crippen LogP contribution >= 0.6 is 11.3 Å². The predicted molar refractivity (Wildman–Crippen MR) is 85.2 cm³/mol. The summed E-state index contributed by atoms with van der Waals surface area (Å²) in [5, 5.41) is 14.3. The molecule has 8 nitrogen and oxygen atoms in total. The van der Waals surface area contributed by atoms with Gasteiger partial charge in [0, 0.05) is 6.07 Å². The van der Waals surface area contributed by atoms with Gasteiger partial charge in [0.15, 0.2) is 18.1 Å². The topological polar surface area (TPSA) is 103 Å². The highest BCUT2D eigenvalue weighted by atomic mass is 32.1. The van der Waals surface area contributed by atoms with Gasteiger partial charge in [0.25, 0.3) is 5.91 Å². The summed E-state index contributed by atoms with van der Waals surface area (Å²) in [6.45, 7) is -0.234. The van der Waals surface area contributed by atoms with Gasteiger partial charge in [0.2, 0.25) is 0 Å². The number of hydrogen-bond acceptors (Lipinski definition) is 7. The average Bonchev–Trinajstić information content (AvgIpc) is 3.02. The first-order valence-corrected chi connectivity index (χ1v) is 7.23. The Hall–Kier alpha value is -2.94. The second-order valence-electron chi connectivity index (χ2n) is 4.17. The Bertz CT molecular complexity index is 729. The summed E-state index contributed by atoms with van der Waals surface area (Å²) in [7, 11) is 1.51. The van der Waals surface area contributed by atoms with Crippen molar-refractivity contribution >= 4 is 28.5 Å². The third kappa shape index (κ3) is 4.78. The van der Waals surface area contributed by atoms with Crippen LogP contribution in [0.3, 0.4) is 0 Å². The molecule has 1 aromatic carbocycles. The molecule has 0 aliphatic heterocycles. The summed E-state index contributed by atoms with van der Waals surface area (Å²) in [6, 6.07) is 9.87. The molecule has 9 heteroatoms. The fourth-order valence-electron chi connectivity index (χ4n) is 1.59. The molecule has 1 heterocycles. The monoisotopic (exact) mass is 335 g/mol. The summed E-state index contributed by atoms with van der Waals surface area (Å²) in [5.41, 5.74) is 2.28. The lowest BCUT2D eigenvalue weighted by molar-refractivity contribution is -0.380. The number of carbonyl (C=O) groups excluding carboxylic acids is 1. The van der Waals surface area contributed by atoms with Crippen molar-refractivity contribution in [2.75, 3.05) is 13.7 Å². The number of benzene rings is 1. The van der Waals surface area contributed by atoms with E-state index in [0.29, 0.717) is 16.4 Å². The van der Waals surface area contributed by atoms with Crippen LogP contribution in [0.15, 0.2) is 41.5 Å². The van der Waals surface area contributed by atoms with Crippen molar-refractivity contribution in [2.45, 2.75) is 0 Å². The summed E-state index contributed by atoms with van der Waals surface area (Å²) in [5.74, 6) is 0.510. The summed E-state index contributed by atoms with van der Waals surface area (Å²) in [6.07, 6.45) is 1.33. The lowest BCUT2D eigenvalue weighted by atomic mass is 10.3. The molecule has 120 valence electrons. The molecule has 1 N–H and O–H groups in total. The van der Waals surface area contributed by atoms with E-state index >= 15 is 0 Å². The summed E-state index contributed by atoms with van der Waals surface area (Å²) in [4.78, 5) is 22.2. The van der Waals surface area contributed by atoms with Crippen molar-refractivity contribution in [2.24, 2.45) is 5.10 Å². The Morgan fingerprint density at radius 3 is 2.74 bits per heavy atom. The number of nitrogens with one attached hydrogen (secondary N) is 1. The van der Waals surface area contributed by atoms with Gasteiger partial charge in [-0.2, -0.15) is 5.10 Å². The lowest BCUT2D eigenvalue weighted by Gasteiger charge is -2.08. The molecule has 23 heavy (non-hydrogen) atoms. The smallest absolute Gasteiger partial charge is 0.324 e. The van der Waals surface area contributed by atoms with Crippen LogP contribution in [0, 0.1) is 10.1 Å². The van der Waals surface area contributed by atoms with E-state index < -0.39 is 10.8 Å². The highest BCUT2D eigenvalue weighted by Gasteiger charge is 2.08. The van der Waals surface area contributed by atoms with Gasteiger partial charge < -0.3 is 9.47 Å². The van der Waals surface area contributed by atoms with Gasteiger partial charge in [-0.25, -0.2) is 5.43 Å². The third-order valence-corrected chi connectivity index (χ3v) is 3.57. The second-order valence-corrected chi connectivity index (χ2v) is 5.26. The van der Waals surface area contributed by atoms with Gasteiger partial charge in [0.05, 0.1) is 23.1 Å². The summed E-state index contributed by atoms with van der Waals surface area (Å²) >= 11 is 0.960. The van der Waals surface area contributed by atoms with E-state index in [1.54, 1.807) is 30.3 Å². The van der Waals surface area contributed by atoms with Crippen LogP contribution in [-0.4, -0.2) is 30.8 Å². The van der Waals surface area contributed by atoms with Crippen LogP contribution < -0.4 is 14.9 Å². The molecule has 0 fully saturated rings. The Labute approximate surface area is 135 Å². The zero-order chi connectivity index (χ0) is 16.7. The first-order chi connectivity index (χ1) is 11.1. The zero-order valence-electron chi connectivity index (χ0n) is 12.1. The lowest BCUT2D eigenvalue weighted by Crippen LogP contribution is -2.24.